The van der Waals surface area contributed by atoms with Gasteiger partial charge >= 0.3 is 0 Å². The van der Waals surface area contributed by atoms with E-state index in [9.17, 15) is 13.2 Å². The van der Waals surface area contributed by atoms with Crippen molar-refractivity contribution in [3.05, 3.63) is 72.3 Å². The molecule has 1 saturated carbocycles. The van der Waals surface area contributed by atoms with Crippen LogP contribution in [0.15, 0.2) is 71.6 Å². The van der Waals surface area contributed by atoms with Gasteiger partial charge in [0.15, 0.2) is 11.5 Å². The smallest absolute Gasteiger partial charge is 0.262 e. The van der Waals surface area contributed by atoms with Crippen molar-refractivity contribution in [2.45, 2.75) is 36.7 Å². The Morgan fingerprint density at radius 3 is 2.43 bits per heavy atom. The van der Waals surface area contributed by atoms with Crippen LogP contribution in [-0.4, -0.2) is 33.6 Å². The van der Waals surface area contributed by atoms with Gasteiger partial charge in [-0.25, -0.2) is 8.42 Å². The molecule has 0 saturated heterocycles. The molecule has 5 rings (SSSR count). The van der Waals surface area contributed by atoms with Crippen LogP contribution >= 0.6 is 0 Å². The van der Waals surface area contributed by atoms with Gasteiger partial charge in [-0.3, -0.25) is 9.52 Å². The number of nitrogens with one attached hydrogen (secondary N) is 2. The van der Waals surface area contributed by atoms with Crippen LogP contribution in [0, 0.1) is 0 Å². The molecule has 9 heteroatoms. The van der Waals surface area contributed by atoms with Crippen molar-refractivity contribution in [3.8, 4) is 17.2 Å². The molecular formula is C26H26N2O6S. The van der Waals surface area contributed by atoms with Gasteiger partial charge in [0.25, 0.3) is 15.9 Å². The summed E-state index contributed by atoms with van der Waals surface area (Å²) in [5.74, 6) is 1.25. The molecule has 2 N–H and O–H groups in total. The molecule has 35 heavy (non-hydrogen) atoms. The number of amides is 1. The van der Waals surface area contributed by atoms with Gasteiger partial charge in [0.05, 0.1) is 11.0 Å². The molecular weight excluding hydrogens is 468 g/mol. The van der Waals surface area contributed by atoms with Gasteiger partial charge in [0.2, 0.25) is 0 Å². The van der Waals surface area contributed by atoms with E-state index in [1.165, 1.54) is 31.0 Å². The van der Waals surface area contributed by atoms with Crippen LogP contribution in [0.3, 0.4) is 0 Å². The molecule has 1 fully saturated rings. The molecule has 0 radical (unpaired) electrons. The molecule has 182 valence electrons. The number of fused-ring (bicyclic) bond motifs is 1. The average molecular weight is 495 g/mol. The highest BCUT2D eigenvalue weighted by Gasteiger charge is 2.20. The quantitative estimate of drug-likeness (QED) is 0.488. The molecule has 0 aromatic heterocycles. The molecule has 1 amide bonds. The number of carbonyl (C=O) groups excluding carboxylic acids is 1. The van der Waals surface area contributed by atoms with Crippen LogP contribution in [0.1, 0.15) is 36.0 Å². The van der Waals surface area contributed by atoms with Crippen LogP contribution in [0.25, 0.3) is 0 Å². The summed E-state index contributed by atoms with van der Waals surface area (Å²) in [6, 6.07) is 18.1. The summed E-state index contributed by atoms with van der Waals surface area (Å²) in [5.41, 5.74) is 1.19. The molecule has 8 nitrogen and oxygen atoms in total. The maximum Gasteiger partial charge on any atom is 0.262 e. The van der Waals surface area contributed by atoms with Crippen molar-refractivity contribution >= 4 is 27.3 Å². The number of sulfonamides is 1. The number of hydrogen-bond donors (Lipinski definition) is 2. The minimum absolute atomic E-state index is 0.0377. The lowest BCUT2D eigenvalue weighted by atomic mass is 10.2. The maximum atomic E-state index is 12.9. The third-order valence-electron chi connectivity index (χ3n) is 5.90. The maximum absolute atomic E-state index is 12.9. The van der Waals surface area contributed by atoms with E-state index in [-0.39, 0.29) is 22.6 Å². The Balaban J connectivity index is 1.27. The topological polar surface area (TPSA) is 103 Å². The number of anilines is 2. The Bertz CT molecular complexity index is 1340. The van der Waals surface area contributed by atoms with Crippen LogP contribution in [0.5, 0.6) is 17.2 Å². The predicted molar refractivity (Wildman–Crippen MR) is 132 cm³/mol. The van der Waals surface area contributed by atoms with Gasteiger partial charge in [0.1, 0.15) is 19.0 Å². The van der Waals surface area contributed by atoms with Crippen molar-refractivity contribution in [1.29, 1.82) is 0 Å². The molecule has 3 aromatic rings. The van der Waals surface area contributed by atoms with Crippen molar-refractivity contribution in [2.24, 2.45) is 0 Å². The van der Waals surface area contributed by atoms with E-state index in [4.69, 9.17) is 14.2 Å². The summed E-state index contributed by atoms with van der Waals surface area (Å²) in [4.78, 5) is 12.9. The second-order valence-corrected chi connectivity index (χ2v) is 10.2. The lowest BCUT2D eigenvalue weighted by Crippen LogP contribution is -2.18. The molecule has 2 aliphatic rings. The normalized spacial score (nSPS) is 15.4. The van der Waals surface area contributed by atoms with Gasteiger partial charge in [-0.1, -0.05) is 12.1 Å². The number of ether oxygens (including phenoxy) is 3. The molecule has 0 unspecified atom stereocenters. The first-order valence-electron chi connectivity index (χ1n) is 11.6. The van der Waals surface area contributed by atoms with E-state index >= 15 is 0 Å². The third kappa shape index (κ3) is 5.51. The van der Waals surface area contributed by atoms with E-state index in [1.807, 2.05) is 12.1 Å². The second kappa shape index (κ2) is 9.87. The largest absolute Gasteiger partial charge is 0.490 e. The average Bonchev–Trinajstić information content (AvgIpc) is 3.37. The van der Waals surface area contributed by atoms with Crippen molar-refractivity contribution in [1.82, 2.24) is 0 Å². The van der Waals surface area contributed by atoms with Crippen LogP contribution < -0.4 is 24.2 Å². The Kier molecular flexibility index (Phi) is 6.50. The van der Waals surface area contributed by atoms with Gasteiger partial charge in [-0.15, -0.1) is 0 Å². The zero-order chi connectivity index (χ0) is 24.3. The van der Waals surface area contributed by atoms with E-state index in [0.717, 1.165) is 18.6 Å². The molecule has 3 aromatic carbocycles. The molecule has 0 spiro atoms. The zero-order valence-electron chi connectivity index (χ0n) is 19.0. The minimum atomic E-state index is -3.90. The second-order valence-electron chi connectivity index (χ2n) is 8.50. The summed E-state index contributed by atoms with van der Waals surface area (Å²) in [5, 5.41) is 2.85. The lowest BCUT2D eigenvalue weighted by Gasteiger charge is -2.19. The van der Waals surface area contributed by atoms with Gasteiger partial charge < -0.3 is 19.5 Å². The Morgan fingerprint density at radius 1 is 0.857 bits per heavy atom. The molecule has 0 atom stereocenters. The van der Waals surface area contributed by atoms with E-state index < -0.39 is 10.0 Å². The van der Waals surface area contributed by atoms with E-state index in [1.54, 1.807) is 36.4 Å². The first-order valence-corrected chi connectivity index (χ1v) is 13.1. The summed E-state index contributed by atoms with van der Waals surface area (Å²) >= 11 is 0. The highest BCUT2D eigenvalue weighted by Crippen LogP contribution is 2.33. The highest BCUT2D eigenvalue weighted by atomic mass is 32.2. The Labute approximate surface area is 204 Å². The molecule has 0 bridgehead atoms. The van der Waals surface area contributed by atoms with Gasteiger partial charge in [-0.05, 0) is 68.1 Å². The highest BCUT2D eigenvalue weighted by molar-refractivity contribution is 7.92. The SMILES string of the molecule is O=C(Nc1cccc(OC2CCCC2)c1)c1cccc(NS(=O)(=O)c2ccc3c(c2)OCCO3)c1. The molecule has 1 heterocycles. The van der Waals surface area contributed by atoms with Crippen LogP contribution in [0.2, 0.25) is 0 Å². The number of rotatable bonds is 7. The summed E-state index contributed by atoms with van der Waals surface area (Å²) in [6.45, 7) is 0.779. The first-order chi connectivity index (χ1) is 17.0. The third-order valence-corrected chi connectivity index (χ3v) is 7.28. The fraction of sp³-hybridized carbons (Fsp3) is 0.269. The number of carbonyl (C=O) groups is 1. The number of benzene rings is 3. The van der Waals surface area contributed by atoms with E-state index in [0.29, 0.717) is 36.0 Å². The Morgan fingerprint density at radius 2 is 1.60 bits per heavy atom. The predicted octanol–water partition coefficient (Wildman–Crippen LogP) is 4.83. The van der Waals surface area contributed by atoms with Crippen molar-refractivity contribution in [3.63, 3.8) is 0 Å². The monoisotopic (exact) mass is 494 g/mol. The van der Waals surface area contributed by atoms with Crippen molar-refractivity contribution in [2.75, 3.05) is 23.3 Å². The lowest BCUT2D eigenvalue weighted by molar-refractivity contribution is 0.102. The molecule has 1 aliphatic heterocycles. The first kappa shape index (κ1) is 23.0. The summed E-state index contributed by atoms with van der Waals surface area (Å²) in [6.07, 6.45) is 4.67. The van der Waals surface area contributed by atoms with Crippen LogP contribution in [-0.2, 0) is 10.0 Å². The fourth-order valence-electron chi connectivity index (χ4n) is 4.18. The molecule has 1 aliphatic carbocycles. The van der Waals surface area contributed by atoms with E-state index in [2.05, 4.69) is 10.0 Å². The van der Waals surface area contributed by atoms with Crippen LogP contribution in [0.4, 0.5) is 11.4 Å². The van der Waals surface area contributed by atoms with Crippen molar-refractivity contribution < 1.29 is 27.4 Å². The number of hydrogen-bond acceptors (Lipinski definition) is 6. The van der Waals surface area contributed by atoms with Gasteiger partial charge in [-0.2, -0.15) is 0 Å². The fourth-order valence-corrected chi connectivity index (χ4v) is 5.24. The zero-order valence-corrected chi connectivity index (χ0v) is 19.8. The van der Waals surface area contributed by atoms with Gasteiger partial charge in [0, 0.05) is 29.1 Å². The standard InChI is InChI=1S/C26H26N2O6S/c29-26(27-19-6-4-10-22(16-19)34-21-8-1-2-9-21)18-5-3-7-20(15-18)28-35(30,31)23-11-12-24-25(17-23)33-14-13-32-24/h3-7,10-12,15-17,21,28H,1-2,8-9,13-14H2,(H,27,29). The summed E-state index contributed by atoms with van der Waals surface area (Å²) < 4.78 is 45.3. The Hall–Kier alpha value is -3.72. The summed E-state index contributed by atoms with van der Waals surface area (Å²) in [7, 11) is -3.90. The minimum Gasteiger partial charge on any atom is -0.490 e.